The van der Waals surface area contributed by atoms with Crippen LogP contribution in [0.25, 0.3) is 0 Å². The lowest BCUT2D eigenvalue weighted by Crippen LogP contribution is -2.54. The Morgan fingerprint density at radius 2 is 1.95 bits per heavy atom. The molecule has 5 fully saturated rings. The van der Waals surface area contributed by atoms with Crippen molar-refractivity contribution in [3.05, 3.63) is 45.4 Å². The maximum absolute atomic E-state index is 13.2. The molecular formula is C29H29N3O6S2. The van der Waals surface area contributed by atoms with E-state index >= 15 is 0 Å². The normalized spacial score (nSPS) is 30.6. The highest BCUT2D eigenvalue weighted by molar-refractivity contribution is 7.98. The molecule has 2 aromatic rings. The maximum atomic E-state index is 13.2. The number of hydrogen-bond donors (Lipinski definition) is 1. The molecule has 3 atom stereocenters. The summed E-state index contributed by atoms with van der Waals surface area (Å²) in [6.07, 6.45) is 4.55. The summed E-state index contributed by atoms with van der Waals surface area (Å²) in [6, 6.07) is 4.96. The molecule has 0 spiro atoms. The monoisotopic (exact) mass is 579 g/mol. The smallest absolute Gasteiger partial charge is 0.312 e. The number of nitrogens with zero attached hydrogens (tertiary/aromatic N) is 2. The second-order valence-electron chi connectivity index (χ2n) is 11.8. The molecule has 4 bridgehead atoms. The zero-order chi connectivity index (χ0) is 27.6. The van der Waals surface area contributed by atoms with Crippen molar-refractivity contribution in [2.24, 2.45) is 23.2 Å². The van der Waals surface area contributed by atoms with Crippen LogP contribution in [-0.2, 0) is 42.8 Å². The van der Waals surface area contributed by atoms with E-state index < -0.39 is 17.4 Å². The number of carbonyl (C=O) groups excluding carboxylic acids is 5. The third-order valence-corrected chi connectivity index (χ3v) is 11.5. The van der Waals surface area contributed by atoms with E-state index in [0.29, 0.717) is 54.5 Å². The SMILES string of the molecule is O=C1CCC(N2Cc3c(SCc4nc(COC(=O)C56CC7CC(C5)C(=O)C(C7)C6)cs4)cccc3C2=O)C(=O)N1. The van der Waals surface area contributed by atoms with Gasteiger partial charge in [0.05, 0.1) is 16.9 Å². The van der Waals surface area contributed by atoms with Crippen molar-refractivity contribution in [2.45, 2.75) is 74.8 Å². The van der Waals surface area contributed by atoms with Crippen molar-refractivity contribution in [3.8, 4) is 0 Å². The summed E-state index contributed by atoms with van der Waals surface area (Å²) in [5.41, 5.74) is 1.70. The van der Waals surface area contributed by atoms with Crippen molar-refractivity contribution in [3.63, 3.8) is 0 Å². The van der Waals surface area contributed by atoms with Crippen LogP contribution in [0.4, 0.5) is 0 Å². The van der Waals surface area contributed by atoms with Crippen LogP contribution in [0, 0.1) is 23.2 Å². The van der Waals surface area contributed by atoms with Gasteiger partial charge in [0.1, 0.15) is 23.4 Å². The number of ether oxygens (including phenoxy) is 1. The Kier molecular flexibility index (Phi) is 6.34. The van der Waals surface area contributed by atoms with Crippen molar-refractivity contribution < 1.29 is 28.7 Å². The van der Waals surface area contributed by atoms with Crippen LogP contribution >= 0.6 is 23.1 Å². The van der Waals surface area contributed by atoms with Crippen molar-refractivity contribution in [2.75, 3.05) is 0 Å². The first-order valence-electron chi connectivity index (χ1n) is 13.8. The van der Waals surface area contributed by atoms with Crippen LogP contribution in [-0.4, -0.2) is 45.4 Å². The molecule has 2 aliphatic heterocycles. The molecule has 1 saturated heterocycles. The predicted molar refractivity (Wildman–Crippen MR) is 145 cm³/mol. The van der Waals surface area contributed by atoms with Crippen molar-refractivity contribution >= 4 is 52.6 Å². The summed E-state index contributed by atoms with van der Waals surface area (Å²) in [6.45, 7) is 0.463. The largest absolute Gasteiger partial charge is 0.459 e. The van der Waals surface area contributed by atoms with Crippen LogP contribution in [0.1, 0.15) is 71.6 Å². The fourth-order valence-corrected chi connectivity index (χ4v) is 9.48. The number of Topliss-reactive ketones (excluding diaryl/α,β-unsaturated/α-hetero) is 1. The lowest BCUT2D eigenvalue weighted by Gasteiger charge is -2.53. The second kappa shape index (κ2) is 9.80. The molecule has 3 unspecified atom stereocenters. The van der Waals surface area contributed by atoms with Gasteiger partial charge in [-0.15, -0.1) is 23.1 Å². The summed E-state index contributed by atoms with van der Waals surface area (Å²) >= 11 is 3.09. The molecule has 4 aliphatic carbocycles. The van der Waals surface area contributed by atoms with E-state index in [4.69, 9.17) is 4.74 Å². The molecule has 208 valence electrons. The Morgan fingerprint density at radius 1 is 1.15 bits per heavy atom. The number of esters is 1. The summed E-state index contributed by atoms with van der Waals surface area (Å²) in [5, 5.41) is 5.14. The molecule has 40 heavy (non-hydrogen) atoms. The van der Waals surface area contributed by atoms with Gasteiger partial charge in [-0.2, -0.15) is 0 Å². The number of fused-ring (bicyclic) bond motifs is 1. The quantitative estimate of drug-likeness (QED) is 0.300. The van der Waals surface area contributed by atoms with Gasteiger partial charge in [0.2, 0.25) is 11.8 Å². The molecule has 1 aromatic carbocycles. The number of benzene rings is 1. The van der Waals surface area contributed by atoms with Crippen LogP contribution in [0.5, 0.6) is 0 Å². The van der Waals surface area contributed by atoms with E-state index in [2.05, 4.69) is 10.3 Å². The van der Waals surface area contributed by atoms with Gasteiger partial charge in [-0.05, 0) is 62.1 Å². The minimum absolute atomic E-state index is 0.0347. The molecule has 9 nitrogen and oxygen atoms in total. The number of carbonyl (C=O) groups is 5. The summed E-state index contributed by atoms with van der Waals surface area (Å²) in [5.74, 6) is 0.415. The lowest BCUT2D eigenvalue weighted by atomic mass is 9.49. The Bertz CT molecular complexity index is 1430. The minimum Gasteiger partial charge on any atom is -0.459 e. The summed E-state index contributed by atoms with van der Waals surface area (Å²) < 4.78 is 5.77. The Labute approximate surface area is 239 Å². The lowest BCUT2D eigenvalue weighted by molar-refractivity contribution is -0.175. The number of aromatic nitrogens is 1. The predicted octanol–water partition coefficient (Wildman–Crippen LogP) is 3.64. The number of imide groups is 1. The average Bonchev–Trinajstić information content (AvgIpc) is 3.53. The van der Waals surface area contributed by atoms with Gasteiger partial charge in [-0.3, -0.25) is 29.3 Å². The highest BCUT2D eigenvalue weighted by atomic mass is 32.2. The number of thioether (sulfide) groups is 1. The third-order valence-electron chi connectivity index (χ3n) is 9.27. The van der Waals surface area contributed by atoms with Crippen molar-refractivity contribution in [1.29, 1.82) is 0 Å². The molecule has 1 aromatic heterocycles. The number of amides is 3. The first-order chi connectivity index (χ1) is 19.3. The van der Waals surface area contributed by atoms with Gasteiger partial charge in [-0.25, -0.2) is 4.98 Å². The first-order valence-corrected chi connectivity index (χ1v) is 15.7. The van der Waals surface area contributed by atoms with Gasteiger partial charge in [-0.1, -0.05) is 6.07 Å². The Morgan fingerprint density at radius 3 is 2.73 bits per heavy atom. The average molecular weight is 580 g/mol. The van der Waals surface area contributed by atoms with E-state index in [1.807, 2.05) is 17.5 Å². The van der Waals surface area contributed by atoms with Crippen LogP contribution < -0.4 is 5.32 Å². The van der Waals surface area contributed by atoms with E-state index in [1.165, 1.54) is 11.3 Å². The van der Waals surface area contributed by atoms with Gasteiger partial charge in [0.15, 0.2) is 0 Å². The zero-order valence-electron chi connectivity index (χ0n) is 21.9. The van der Waals surface area contributed by atoms with E-state index in [-0.39, 0.29) is 42.6 Å². The number of thiazole rings is 1. The summed E-state index contributed by atoms with van der Waals surface area (Å²) in [7, 11) is 0. The van der Waals surface area contributed by atoms with Gasteiger partial charge < -0.3 is 9.64 Å². The second-order valence-corrected chi connectivity index (χ2v) is 13.8. The highest BCUT2D eigenvalue weighted by Crippen LogP contribution is 2.59. The van der Waals surface area contributed by atoms with Gasteiger partial charge in [0.25, 0.3) is 5.91 Å². The molecule has 3 amide bonds. The molecular weight excluding hydrogens is 550 g/mol. The van der Waals surface area contributed by atoms with E-state index in [9.17, 15) is 24.0 Å². The number of ketones is 1. The number of rotatable bonds is 7. The van der Waals surface area contributed by atoms with E-state index in [1.54, 1.807) is 22.7 Å². The zero-order valence-corrected chi connectivity index (χ0v) is 23.5. The molecule has 1 N–H and O–H groups in total. The number of nitrogens with one attached hydrogen (secondary N) is 1. The first kappa shape index (κ1) is 25.9. The fraction of sp³-hybridized carbons (Fsp3) is 0.517. The van der Waals surface area contributed by atoms with Crippen LogP contribution in [0.3, 0.4) is 0 Å². The van der Waals surface area contributed by atoms with Crippen molar-refractivity contribution in [1.82, 2.24) is 15.2 Å². The Hall–Kier alpha value is -3.05. The topological polar surface area (TPSA) is 123 Å². The molecule has 6 aliphatic rings. The molecule has 3 heterocycles. The molecule has 4 saturated carbocycles. The van der Waals surface area contributed by atoms with Crippen LogP contribution in [0.15, 0.2) is 28.5 Å². The molecule has 8 rings (SSSR count). The maximum Gasteiger partial charge on any atom is 0.312 e. The van der Waals surface area contributed by atoms with Crippen LogP contribution in [0.2, 0.25) is 0 Å². The third kappa shape index (κ3) is 4.38. The van der Waals surface area contributed by atoms with E-state index in [0.717, 1.165) is 34.7 Å². The molecule has 0 radical (unpaired) electrons. The van der Waals surface area contributed by atoms with Gasteiger partial charge in [0, 0.05) is 40.6 Å². The summed E-state index contributed by atoms with van der Waals surface area (Å²) in [4.78, 5) is 69.8. The molecule has 11 heteroatoms. The standard InChI is InChI=1S/C29H29N3O6S2/c33-23-5-4-21(26(35)31-23)32-11-20-19(27(32)36)2-1-3-22(20)39-14-24-30-18(13-40-24)12-38-28(37)29-8-15-6-16(9-29)25(34)17(7-15)10-29/h1-3,13,15-17,21H,4-12,14H2,(H,31,33,35). The highest BCUT2D eigenvalue weighted by Gasteiger charge is 2.59. The number of hydrogen-bond acceptors (Lipinski definition) is 9. The Balaban J connectivity index is 0.967. The van der Waals surface area contributed by atoms with Gasteiger partial charge >= 0.3 is 5.97 Å². The minimum atomic E-state index is -0.640. The fourth-order valence-electron chi connectivity index (χ4n) is 7.60. The number of piperidine rings is 1.